The number of nitrogens with one attached hydrogen (secondary N) is 1. The number of aryl methyl sites for hydroxylation is 1. The molecule has 3 aromatic carbocycles. The van der Waals surface area contributed by atoms with Gasteiger partial charge in [-0.3, -0.25) is 4.79 Å². The van der Waals surface area contributed by atoms with Crippen molar-refractivity contribution in [3.8, 4) is 17.2 Å². The number of rotatable bonds is 11. The van der Waals surface area contributed by atoms with Crippen LogP contribution in [0.5, 0.6) is 17.2 Å². The lowest BCUT2D eigenvalue weighted by molar-refractivity contribution is 0.0954. The highest BCUT2D eigenvalue weighted by Crippen LogP contribution is 2.29. The maximum atomic E-state index is 12.6. The first-order chi connectivity index (χ1) is 16.5. The molecule has 0 saturated carbocycles. The summed E-state index contributed by atoms with van der Waals surface area (Å²) in [6.45, 7) is 7.45. The van der Waals surface area contributed by atoms with Crippen molar-refractivity contribution in [2.24, 2.45) is 5.10 Å². The molecule has 0 spiro atoms. The molecule has 0 aliphatic carbocycles. The summed E-state index contributed by atoms with van der Waals surface area (Å²) >= 11 is 3.47. The number of hydrazone groups is 1. The van der Waals surface area contributed by atoms with Crippen molar-refractivity contribution in [3.63, 3.8) is 0 Å². The Labute approximate surface area is 209 Å². The minimum absolute atomic E-state index is 0.351. The van der Waals surface area contributed by atoms with Crippen molar-refractivity contribution in [1.82, 2.24) is 5.43 Å². The van der Waals surface area contributed by atoms with Crippen LogP contribution in [0.25, 0.3) is 0 Å². The second-order valence-corrected chi connectivity index (χ2v) is 8.51. The van der Waals surface area contributed by atoms with Crippen molar-refractivity contribution >= 4 is 28.1 Å². The Morgan fingerprint density at radius 1 is 0.941 bits per heavy atom. The van der Waals surface area contributed by atoms with Crippen LogP contribution >= 0.6 is 15.9 Å². The average molecular weight is 525 g/mol. The quantitative estimate of drug-likeness (QED) is 0.236. The van der Waals surface area contributed by atoms with Crippen LogP contribution < -0.4 is 19.6 Å². The molecular weight excluding hydrogens is 496 g/mol. The largest absolute Gasteiger partial charge is 0.490 e. The second-order valence-electron chi connectivity index (χ2n) is 7.60. The monoisotopic (exact) mass is 524 g/mol. The molecule has 0 radical (unpaired) electrons. The Bertz CT molecular complexity index is 1130. The molecule has 0 unspecified atom stereocenters. The normalized spacial score (nSPS) is 10.8. The van der Waals surface area contributed by atoms with Crippen LogP contribution in [0.4, 0.5) is 0 Å². The minimum Gasteiger partial charge on any atom is -0.490 e. The summed E-state index contributed by atoms with van der Waals surface area (Å²) in [4.78, 5) is 12.6. The van der Waals surface area contributed by atoms with Gasteiger partial charge in [0.2, 0.25) is 0 Å². The molecule has 0 aromatic heterocycles. The van der Waals surface area contributed by atoms with Gasteiger partial charge in [-0.25, -0.2) is 5.43 Å². The fourth-order valence-electron chi connectivity index (χ4n) is 3.07. The highest BCUT2D eigenvalue weighted by molar-refractivity contribution is 9.10. The van der Waals surface area contributed by atoms with E-state index in [-0.39, 0.29) is 5.91 Å². The van der Waals surface area contributed by atoms with Gasteiger partial charge in [-0.1, -0.05) is 52.7 Å². The molecule has 1 N–H and O–H groups in total. The van der Waals surface area contributed by atoms with Gasteiger partial charge in [-0.2, -0.15) is 5.10 Å². The summed E-state index contributed by atoms with van der Waals surface area (Å²) in [5.41, 5.74) is 6.00. The summed E-state index contributed by atoms with van der Waals surface area (Å²) in [7, 11) is 0. The number of nitrogens with zero attached hydrogens (tertiary/aromatic N) is 1. The Morgan fingerprint density at radius 2 is 1.71 bits per heavy atom. The van der Waals surface area contributed by atoms with Crippen LogP contribution in [-0.2, 0) is 6.61 Å². The van der Waals surface area contributed by atoms with Gasteiger partial charge in [0.15, 0.2) is 11.5 Å². The molecule has 0 bridgehead atoms. The highest BCUT2D eigenvalue weighted by atomic mass is 79.9. The van der Waals surface area contributed by atoms with Crippen molar-refractivity contribution in [2.75, 3.05) is 13.2 Å². The maximum absolute atomic E-state index is 12.6. The first kappa shape index (κ1) is 25.3. The first-order valence-electron chi connectivity index (χ1n) is 11.2. The molecule has 0 saturated heterocycles. The molecule has 1 amide bonds. The third-order valence-electron chi connectivity index (χ3n) is 4.82. The average Bonchev–Trinajstić information content (AvgIpc) is 2.84. The van der Waals surface area contributed by atoms with Gasteiger partial charge < -0.3 is 14.2 Å². The van der Waals surface area contributed by atoms with E-state index in [1.165, 1.54) is 5.56 Å². The summed E-state index contributed by atoms with van der Waals surface area (Å²) in [5, 5.41) is 4.14. The lowest BCUT2D eigenvalue weighted by Gasteiger charge is -2.12. The van der Waals surface area contributed by atoms with Gasteiger partial charge in [0.05, 0.1) is 19.4 Å². The van der Waals surface area contributed by atoms with E-state index in [0.29, 0.717) is 42.6 Å². The molecule has 3 aromatic rings. The zero-order valence-corrected chi connectivity index (χ0v) is 21.2. The third kappa shape index (κ3) is 7.35. The Balaban J connectivity index is 1.68. The van der Waals surface area contributed by atoms with Crippen LogP contribution in [0.3, 0.4) is 0 Å². The van der Waals surface area contributed by atoms with Gasteiger partial charge in [0, 0.05) is 15.6 Å². The van der Waals surface area contributed by atoms with Crippen LogP contribution in [-0.4, -0.2) is 25.3 Å². The number of ether oxygens (including phenoxy) is 3. The van der Waals surface area contributed by atoms with E-state index in [2.05, 4.69) is 45.5 Å². The minimum atomic E-state index is -0.351. The fraction of sp³-hybridized carbons (Fsp3) is 0.259. The van der Waals surface area contributed by atoms with Crippen molar-refractivity contribution in [2.45, 2.75) is 33.8 Å². The Morgan fingerprint density at radius 3 is 2.44 bits per heavy atom. The molecule has 0 fully saturated rings. The van der Waals surface area contributed by atoms with Gasteiger partial charge in [-0.15, -0.1) is 0 Å². The lowest BCUT2D eigenvalue weighted by atomic mass is 10.1. The van der Waals surface area contributed by atoms with Crippen LogP contribution in [0.2, 0.25) is 0 Å². The molecule has 0 aliphatic rings. The summed E-state index contributed by atoms with van der Waals surface area (Å²) < 4.78 is 18.2. The standard InChI is InChI=1S/C27H29BrN2O4/c1-4-14-33-25-12-10-21(16-26(25)32-5-2)27(31)30-29-17-22-15-23(28)11-13-24(22)34-18-20-8-6-19(3)7-9-20/h6-13,15-17H,4-5,14,18H2,1-3H3,(H,30,31)/b29-17+. The molecule has 0 heterocycles. The van der Waals surface area contributed by atoms with E-state index < -0.39 is 0 Å². The second kappa shape index (κ2) is 12.8. The molecule has 178 valence electrons. The number of carbonyl (C=O) groups is 1. The Hall–Kier alpha value is -3.32. The maximum Gasteiger partial charge on any atom is 0.271 e. The predicted octanol–water partition coefficient (Wildman–Crippen LogP) is 6.29. The zero-order valence-electron chi connectivity index (χ0n) is 19.6. The van der Waals surface area contributed by atoms with Gasteiger partial charge in [0.25, 0.3) is 5.91 Å². The molecule has 7 heteroatoms. The molecule has 34 heavy (non-hydrogen) atoms. The van der Waals surface area contributed by atoms with Gasteiger partial charge in [-0.05, 0) is 62.2 Å². The fourth-order valence-corrected chi connectivity index (χ4v) is 3.45. The van der Waals surface area contributed by atoms with Crippen LogP contribution in [0.15, 0.2) is 70.2 Å². The number of halogens is 1. The number of hydrogen-bond acceptors (Lipinski definition) is 5. The van der Waals surface area contributed by atoms with E-state index in [9.17, 15) is 4.79 Å². The van der Waals surface area contributed by atoms with E-state index >= 15 is 0 Å². The van der Waals surface area contributed by atoms with Crippen LogP contribution in [0, 0.1) is 6.92 Å². The first-order valence-corrected chi connectivity index (χ1v) is 12.0. The summed E-state index contributed by atoms with van der Waals surface area (Å²) in [5.74, 6) is 1.47. The van der Waals surface area contributed by atoms with E-state index in [4.69, 9.17) is 14.2 Å². The summed E-state index contributed by atoms with van der Waals surface area (Å²) in [6.07, 6.45) is 2.45. The predicted molar refractivity (Wildman–Crippen MR) is 138 cm³/mol. The molecule has 6 nitrogen and oxygen atoms in total. The molecule has 0 aliphatic heterocycles. The number of hydrogen-bond donors (Lipinski definition) is 1. The molecular formula is C27H29BrN2O4. The van der Waals surface area contributed by atoms with Gasteiger partial charge in [0.1, 0.15) is 12.4 Å². The topological polar surface area (TPSA) is 69.2 Å². The van der Waals surface area contributed by atoms with Crippen LogP contribution in [0.1, 0.15) is 47.3 Å². The van der Waals surface area contributed by atoms with Crippen molar-refractivity contribution in [3.05, 3.63) is 87.4 Å². The van der Waals surface area contributed by atoms with E-state index in [1.807, 2.05) is 44.2 Å². The third-order valence-corrected chi connectivity index (χ3v) is 5.32. The van der Waals surface area contributed by atoms with Crippen molar-refractivity contribution < 1.29 is 19.0 Å². The van der Waals surface area contributed by atoms with Crippen molar-refractivity contribution in [1.29, 1.82) is 0 Å². The number of amides is 1. The van der Waals surface area contributed by atoms with Gasteiger partial charge >= 0.3 is 0 Å². The number of benzene rings is 3. The lowest BCUT2D eigenvalue weighted by Crippen LogP contribution is -2.18. The Kier molecular flexibility index (Phi) is 9.52. The molecule has 0 atom stereocenters. The van der Waals surface area contributed by atoms with E-state index in [1.54, 1.807) is 24.4 Å². The zero-order chi connectivity index (χ0) is 24.3. The molecule has 3 rings (SSSR count). The summed E-state index contributed by atoms with van der Waals surface area (Å²) in [6, 6.07) is 18.9. The van der Waals surface area contributed by atoms with E-state index in [0.717, 1.165) is 22.0 Å². The number of carbonyl (C=O) groups excluding carboxylic acids is 1. The SMILES string of the molecule is CCCOc1ccc(C(=O)N/N=C/c2cc(Br)ccc2OCc2ccc(C)cc2)cc1OCC. The smallest absolute Gasteiger partial charge is 0.271 e. The highest BCUT2D eigenvalue weighted by Gasteiger charge is 2.11.